The van der Waals surface area contributed by atoms with E-state index in [1.165, 1.54) is 16.7 Å². The van der Waals surface area contributed by atoms with E-state index in [1.807, 2.05) is 5.38 Å². The highest BCUT2D eigenvalue weighted by Crippen LogP contribution is 2.30. The highest BCUT2D eigenvalue weighted by Gasteiger charge is 2.21. The number of hydrogen-bond donors (Lipinski definition) is 0. The maximum atomic E-state index is 12.4. The minimum absolute atomic E-state index is 0.159. The van der Waals surface area contributed by atoms with Gasteiger partial charge in [-0.3, -0.25) is 4.21 Å². The van der Waals surface area contributed by atoms with Gasteiger partial charge in [0, 0.05) is 28.5 Å². The molecule has 0 saturated carbocycles. The molecule has 3 nitrogen and oxygen atoms in total. The van der Waals surface area contributed by atoms with Gasteiger partial charge in [0.15, 0.2) is 0 Å². The Bertz CT molecular complexity index is 675. The van der Waals surface area contributed by atoms with Crippen LogP contribution in [0.3, 0.4) is 0 Å². The van der Waals surface area contributed by atoms with Crippen LogP contribution in [-0.2, 0) is 27.0 Å². The molecule has 2 atom stereocenters. The summed E-state index contributed by atoms with van der Waals surface area (Å²) in [6.45, 7) is 4.97. The Morgan fingerprint density at radius 2 is 2.23 bits per heavy atom. The van der Waals surface area contributed by atoms with Crippen LogP contribution in [0.1, 0.15) is 46.3 Å². The molecule has 22 heavy (non-hydrogen) atoms. The Kier molecular flexibility index (Phi) is 5.06. The molecule has 1 aromatic carbocycles. The monoisotopic (exact) mass is 335 g/mol. The first-order valence-electron chi connectivity index (χ1n) is 7.59. The van der Waals surface area contributed by atoms with E-state index in [4.69, 9.17) is 4.74 Å². The zero-order valence-corrected chi connectivity index (χ0v) is 14.6. The summed E-state index contributed by atoms with van der Waals surface area (Å²) in [5.74, 6) is 1.12. The van der Waals surface area contributed by atoms with Crippen LogP contribution in [0.25, 0.3) is 0 Å². The lowest BCUT2D eigenvalue weighted by Crippen LogP contribution is -2.02. The normalized spacial score (nSPS) is 19.5. The first-order valence-corrected chi connectivity index (χ1v) is 9.95. The molecule has 5 heteroatoms. The topological polar surface area (TPSA) is 39.2 Å². The summed E-state index contributed by atoms with van der Waals surface area (Å²) in [4.78, 5) is 4.61. The molecular weight excluding hydrogens is 314 g/mol. The number of nitrogens with zero attached hydrogens (tertiary/aromatic N) is 1. The molecule has 1 aliphatic heterocycles. The third kappa shape index (κ3) is 3.83. The average molecular weight is 335 g/mol. The number of aromatic nitrogens is 1. The van der Waals surface area contributed by atoms with Crippen molar-refractivity contribution in [3.63, 3.8) is 0 Å². The third-order valence-electron chi connectivity index (χ3n) is 3.90. The van der Waals surface area contributed by atoms with Crippen molar-refractivity contribution in [3.05, 3.63) is 51.0 Å². The minimum atomic E-state index is -0.925. The number of thiazole rings is 1. The SMILES string of the molecule is Cc1ccc(C)c(C[S@](=O)Cc2csc([C@H]3CCCO3)n2)c1. The van der Waals surface area contributed by atoms with Gasteiger partial charge in [0.25, 0.3) is 0 Å². The number of rotatable bonds is 5. The second kappa shape index (κ2) is 7.02. The summed E-state index contributed by atoms with van der Waals surface area (Å²) >= 11 is 1.63. The lowest BCUT2D eigenvalue weighted by molar-refractivity contribution is 0.111. The molecule has 0 radical (unpaired) electrons. The predicted molar refractivity (Wildman–Crippen MR) is 91.5 cm³/mol. The smallest absolute Gasteiger partial charge is 0.122 e. The molecule has 0 unspecified atom stereocenters. The largest absolute Gasteiger partial charge is 0.371 e. The quantitative estimate of drug-likeness (QED) is 0.827. The number of benzene rings is 1. The maximum Gasteiger partial charge on any atom is 0.122 e. The molecule has 0 bridgehead atoms. The van der Waals surface area contributed by atoms with Crippen molar-refractivity contribution in [2.24, 2.45) is 0 Å². The molecule has 3 rings (SSSR count). The van der Waals surface area contributed by atoms with E-state index < -0.39 is 10.8 Å². The van der Waals surface area contributed by atoms with Gasteiger partial charge in [-0.2, -0.15) is 0 Å². The summed E-state index contributed by atoms with van der Waals surface area (Å²) in [5, 5.41) is 3.06. The zero-order valence-electron chi connectivity index (χ0n) is 13.0. The minimum Gasteiger partial charge on any atom is -0.371 e. The molecule has 1 aromatic heterocycles. The summed E-state index contributed by atoms with van der Waals surface area (Å²) < 4.78 is 18.1. The molecule has 118 valence electrons. The van der Waals surface area contributed by atoms with Crippen LogP contribution in [-0.4, -0.2) is 15.8 Å². The molecule has 0 N–H and O–H groups in total. The van der Waals surface area contributed by atoms with Gasteiger partial charge in [0.05, 0.1) is 11.4 Å². The number of ether oxygens (including phenoxy) is 1. The maximum absolute atomic E-state index is 12.4. The third-order valence-corrected chi connectivity index (χ3v) is 6.14. The van der Waals surface area contributed by atoms with E-state index in [0.717, 1.165) is 30.2 Å². The van der Waals surface area contributed by atoms with E-state index in [2.05, 4.69) is 37.0 Å². The van der Waals surface area contributed by atoms with Crippen molar-refractivity contribution in [3.8, 4) is 0 Å². The lowest BCUT2D eigenvalue weighted by Gasteiger charge is -2.07. The predicted octanol–water partition coefficient (Wildman–Crippen LogP) is 4.06. The number of hydrogen-bond acceptors (Lipinski definition) is 4. The Morgan fingerprint density at radius 1 is 1.36 bits per heavy atom. The van der Waals surface area contributed by atoms with E-state index in [9.17, 15) is 4.21 Å². The van der Waals surface area contributed by atoms with Crippen molar-refractivity contribution in [2.45, 2.75) is 44.3 Å². The molecule has 0 spiro atoms. The van der Waals surface area contributed by atoms with Gasteiger partial charge in [0.1, 0.15) is 11.1 Å². The van der Waals surface area contributed by atoms with Crippen LogP contribution in [0, 0.1) is 13.8 Å². The van der Waals surface area contributed by atoms with Gasteiger partial charge in [0.2, 0.25) is 0 Å². The fraction of sp³-hybridized carbons (Fsp3) is 0.471. The fourth-order valence-electron chi connectivity index (χ4n) is 2.65. The van der Waals surface area contributed by atoms with Crippen molar-refractivity contribution in [1.82, 2.24) is 4.98 Å². The molecule has 0 amide bonds. The van der Waals surface area contributed by atoms with E-state index in [0.29, 0.717) is 11.5 Å². The first-order chi connectivity index (χ1) is 10.6. The molecule has 2 aromatic rings. The summed E-state index contributed by atoms with van der Waals surface area (Å²) in [5.41, 5.74) is 4.52. The zero-order chi connectivity index (χ0) is 15.5. The molecule has 1 aliphatic rings. The van der Waals surface area contributed by atoms with Crippen LogP contribution in [0.4, 0.5) is 0 Å². The van der Waals surface area contributed by atoms with Crippen LogP contribution in [0.15, 0.2) is 23.6 Å². The standard InChI is InChI=1S/C17H21NO2S2/c1-12-5-6-13(2)14(8-12)10-22(19)11-15-9-21-17(18-15)16-4-3-7-20-16/h5-6,8-9,16H,3-4,7,10-11H2,1-2H3/t16-,22+/m1/s1. The molecule has 0 aliphatic carbocycles. The van der Waals surface area contributed by atoms with Crippen molar-refractivity contribution in [1.29, 1.82) is 0 Å². The van der Waals surface area contributed by atoms with Crippen LogP contribution in [0.2, 0.25) is 0 Å². The fourth-order valence-corrected chi connectivity index (χ4v) is 4.90. The molecule has 2 heterocycles. The van der Waals surface area contributed by atoms with Crippen molar-refractivity contribution in [2.75, 3.05) is 6.61 Å². The van der Waals surface area contributed by atoms with Crippen molar-refractivity contribution < 1.29 is 8.95 Å². The van der Waals surface area contributed by atoms with E-state index in [1.54, 1.807) is 11.3 Å². The summed E-state index contributed by atoms with van der Waals surface area (Å²) in [6.07, 6.45) is 2.32. The van der Waals surface area contributed by atoms with Gasteiger partial charge in [-0.05, 0) is 37.8 Å². The van der Waals surface area contributed by atoms with Gasteiger partial charge in [-0.15, -0.1) is 11.3 Å². The molecule has 1 saturated heterocycles. The number of aryl methyl sites for hydroxylation is 2. The Morgan fingerprint density at radius 3 is 3.00 bits per heavy atom. The van der Waals surface area contributed by atoms with Gasteiger partial charge >= 0.3 is 0 Å². The Labute approximate surface area is 138 Å². The van der Waals surface area contributed by atoms with Crippen LogP contribution >= 0.6 is 11.3 Å². The highest BCUT2D eigenvalue weighted by molar-refractivity contribution is 7.83. The van der Waals surface area contributed by atoms with Gasteiger partial charge < -0.3 is 4.74 Å². The first kappa shape index (κ1) is 15.8. The molecular formula is C17H21NO2S2. The van der Waals surface area contributed by atoms with Gasteiger partial charge in [-0.1, -0.05) is 23.8 Å². The van der Waals surface area contributed by atoms with E-state index >= 15 is 0 Å². The average Bonchev–Trinajstić information content (AvgIpc) is 3.13. The molecule has 1 fully saturated rings. The van der Waals surface area contributed by atoms with Gasteiger partial charge in [-0.25, -0.2) is 4.98 Å². The van der Waals surface area contributed by atoms with E-state index in [-0.39, 0.29) is 6.10 Å². The second-order valence-electron chi connectivity index (χ2n) is 5.84. The Balaban J connectivity index is 1.63. The second-order valence-corrected chi connectivity index (χ2v) is 8.18. The Hall–Kier alpha value is -1.04. The summed E-state index contributed by atoms with van der Waals surface area (Å²) in [6, 6.07) is 6.32. The summed E-state index contributed by atoms with van der Waals surface area (Å²) in [7, 11) is -0.925. The van der Waals surface area contributed by atoms with Crippen molar-refractivity contribution >= 4 is 22.1 Å². The van der Waals surface area contributed by atoms with Crippen LogP contribution < -0.4 is 0 Å². The van der Waals surface area contributed by atoms with Crippen LogP contribution in [0.5, 0.6) is 0 Å². The lowest BCUT2D eigenvalue weighted by atomic mass is 10.1. The highest BCUT2D eigenvalue weighted by atomic mass is 32.2.